The van der Waals surface area contributed by atoms with E-state index in [2.05, 4.69) is 0 Å². The molecule has 0 aliphatic heterocycles. The third-order valence-electron chi connectivity index (χ3n) is 1.89. The standard InChI is InChI=1S/C9H19F2NO2/c1-14-7-3-2-4-12(5-6-13)8-9(10)11/h9,13H,2-8H2,1H3. The Bertz CT molecular complexity index is 125. The topological polar surface area (TPSA) is 32.7 Å². The number of hydrogen-bond donors (Lipinski definition) is 1. The summed E-state index contributed by atoms with van der Waals surface area (Å²) in [6.45, 7) is 1.23. The predicted octanol–water partition coefficient (Wildman–Crippen LogP) is 0.972. The molecule has 0 heterocycles. The Balaban J connectivity index is 3.51. The molecule has 3 nitrogen and oxygen atoms in total. The van der Waals surface area contributed by atoms with Crippen molar-refractivity contribution in [3.63, 3.8) is 0 Å². The van der Waals surface area contributed by atoms with E-state index in [4.69, 9.17) is 9.84 Å². The number of nitrogens with zero attached hydrogens (tertiary/aromatic N) is 1. The summed E-state index contributed by atoms with van der Waals surface area (Å²) < 4.78 is 28.9. The maximum absolute atomic E-state index is 12.0. The van der Waals surface area contributed by atoms with Crippen LogP contribution in [0.25, 0.3) is 0 Å². The minimum atomic E-state index is -2.33. The van der Waals surface area contributed by atoms with Crippen molar-refractivity contribution in [1.29, 1.82) is 0 Å². The van der Waals surface area contributed by atoms with Crippen molar-refractivity contribution < 1.29 is 18.6 Å². The zero-order valence-corrected chi connectivity index (χ0v) is 8.59. The van der Waals surface area contributed by atoms with E-state index in [0.29, 0.717) is 19.7 Å². The summed E-state index contributed by atoms with van der Waals surface area (Å²) in [7, 11) is 1.62. The molecule has 0 fully saturated rings. The summed E-state index contributed by atoms with van der Waals surface area (Å²) in [6, 6.07) is 0. The normalized spacial score (nSPS) is 11.6. The molecule has 0 aromatic rings. The summed E-state index contributed by atoms with van der Waals surface area (Å²) >= 11 is 0. The van der Waals surface area contributed by atoms with Crippen LogP contribution in [0.5, 0.6) is 0 Å². The highest BCUT2D eigenvalue weighted by Crippen LogP contribution is 2.00. The Kier molecular flexibility index (Phi) is 9.13. The molecule has 0 aliphatic carbocycles. The fourth-order valence-corrected chi connectivity index (χ4v) is 1.21. The van der Waals surface area contributed by atoms with Crippen LogP contribution in [0.2, 0.25) is 0 Å². The highest BCUT2D eigenvalue weighted by molar-refractivity contribution is 4.58. The molecule has 0 amide bonds. The second kappa shape index (κ2) is 9.30. The van der Waals surface area contributed by atoms with Crippen LogP contribution in [0.3, 0.4) is 0 Å². The lowest BCUT2D eigenvalue weighted by Gasteiger charge is -2.20. The van der Waals surface area contributed by atoms with E-state index in [9.17, 15) is 8.78 Å². The summed E-state index contributed by atoms with van der Waals surface area (Å²) in [5, 5.41) is 8.64. The molecule has 86 valence electrons. The van der Waals surface area contributed by atoms with Gasteiger partial charge in [-0.3, -0.25) is 4.90 Å². The van der Waals surface area contributed by atoms with Gasteiger partial charge in [-0.15, -0.1) is 0 Å². The van der Waals surface area contributed by atoms with Crippen molar-refractivity contribution in [3.8, 4) is 0 Å². The van der Waals surface area contributed by atoms with Gasteiger partial charge >= 0.3 is 0 Å². The van der Waals surface area contributed by atoms with Crippen molar-refractivity contribution >= 4 is 0 Å². The molecule has 0 saturated heterocycles. The number of aliphatic hydroxyl groups excluding tert-OH is 1. The Morgan fingerprint density at radius 2 is 2.00 bits per heavy atom. The molecule has 1 N–H and O–H groups in total. The van der Waals surface area contributed by atoms with Crippen molar-refractivity contribution in [3.05, 3.63) is 0 Å². The van der Waals surface area contributed by atoms with E-state index in [1.54, 1.807) is 12.0 Å². The lowest BCUT2D eigenvalue weighted by molar-refractivity contribution is 0.0760. The van der Waals surface area contributed by atoms with Gasteiger partial charge in [0.15, 0.2) is 0 Å². The van der Waals surface area contributed by atoms with Crippen molar-refractivity contribution in [1.82, 2.24) is 4.90 Å². The number of methoxy groups -OCH3 is 1. The third kappa shape index (κ3) is 8.34. The van der Waals surface area contributed by atoms with E-state index >= 15 is 0 Å². The Hall–Kier alpha value is -0.260. The molecule has 0 spiro atoms. The monoisotopic (exact) mass is 211 g/mol. The molecule has 0 saturated carbocycles. The first-order valence-corrected chi connectivity index (χ1v) is 4.81. The van der Waals surface area contributed by atoms with Crippen LogP contribution >= 0.6 is 0 Å². The molecule has 0 aliphatic rings. The fourth-order valence-electron chi connectivity index (χ4n) is 1.21. The number of hydrogen-bond acceptors (Lipinski definition) is 3. The molecule has 0 aromatic carbocycles. The van der Waals surface area contributed by atoms with E-state index in [1.807, 2.05) is 0 Å². The van der Waals surface area contributed by atoms with Crippen LogP contribution in [0, 0.1) is 0 Å². The maximum atomic E-state index is 12.0. The average molecular weight is 211 g/mol. The second-order valence-electron chi connectivity index (χ2n) is 3.12. The minimum Gasteiger partial charge on any atom is -0.395 e. The maximum Gasteiger partial charge on any atom is 0.251 e. The second-order valence-corrected chi connectivity index (χ2v) is 3.12. The van der Waals surface area contributed by atoms with Crippen molar-refractivity contribution in [2.24, 2.45) is 0 Å². The zero-order chi connectivity index (χ0) is 10.8. The predicted molar refractivity (Wildman–Crippen MR) is 50.6 cm³/mol. The average Bonchev–Trinajstić information content (AvgIpc) is 2.12. The van der Waals surface area contributed by atoms with Gasteiger partial charge in [0, 0.05) is 20.3 Å². The highest BCUT2D eigenvalue weighted by Gasteiger charge is 2.10. The van der Waals surface area contributed by atoms with Gasteiger partial charge in [-0.05, 0) is 19.4 Å². The Labute approximate surface area is 83.7 Å². The molecule has 14 heavy (non-hydrogen) atoms. The summed E-state index contributed by atoms with van der Waals surface area (Å²) in [6.07, 6.45) is -0.647. The van der Waals surface area contributed by atoms with Crippen LogP contribution in [0.1, 0.15) is 12.8 Å². The molecule has 0 unspecified atom stereocenters. The molecule has 0 rings (SSSR count). The molecular weight excluding hydrogens is 192 g/mol. The van der Waals surface area contributed by atoms with Crippen molar-refractivity contribution in [2.75, 3.05) is 40.0 Å². The SMILES string of the molecule is COCCCCN(CCO)CC(F)F. The summed E-state index contributed by atoms with van der Waals surface area (Å²) in [5.74, 6) is 0. The van der Waals surface area contributed by atoms with Crippen molar-refractivity contribution in [2.45, 2.75) is 19.3 Å². The van der Waals surface area contributed by atoms with Crippen LogP contribution < -0.4 is 0 Å². The number of ether oxygens (including phenoxy) is 1. The van der Waals surface area contributed by atoms with Gasteiger partial charge in [0.2, 0.25) is 0 Å². The van der Waals surface area contributed by atoms with Crippen LogP contribution in [0.4, 0.5) is 8.78 Å². The van der Waals surface area contributed by atoms with E-state index < -0.39 is 6.43 Å². The van der Waals surface area contributed by atoms with Gasteiger partial charge in [0.05, 0.1) is 13.2 Å². The molecule has 0 atom stereocenters. The smallest absolute Gasteiger partial charge is 0.251 e. The summed E-state index contributed by atoms with van der Waals surface area (Å²) in [4.78, 5) is 1.57. The molecule has 0 aromatic heterocycles. The highest BCUT2D eigenvalue weighted by atomic mass is 19.3. The Morgan fingerprint density at radius 1 is 1.29 bits per heavy atom. The Morgan fingerprint density at radius 3 is 2.50 bits per heavy atom. The third-order valence-corrected chi connectivity index (χ3v) is 1.89. The van der Waals surface area contributed by atoms with Gasteiger partial charge in [-0.2, -0.15) is 0 Å². The number of rotatable bonds is 9. The lowest BCUT2D eigenvalue weighted by Crippen LogP contribution is -2.32. The first kappa shape index (κ1) is 13.7. The summed E-state index contributed by atoms with van der Waals surface area (Å²) in [5.41, 5.74) is 0. The molecule has 0 radical (unpaired) electrons. The first-order chi connectivity index (χ1) is 6.70. The number of halogens is 2. The molecule has 5 heteroatoms. The molecular formula is C9H19F2NO2. The minimum absolute atomic E-state index is 0.0724. The quantitative estimate of drug-likeness (QED) is 0.577. The van der Waals surface area contributed by atoms with E-state index in [1.165, 1.54) is 0 Å². The fraction of sp³-hybridized carbons (Fsp3) is 1.00. The van der Waals surface area contributed by atoms with Gasteiger partial charge in [0.1, 0.15) is 0 Å². The van der Waals surface area contributed by atoms with E-state index in [0.717, 1.165) is 12.8 Å². The first-order valence-electron chi connectivity index (χ1n) is 4.81. The van der Waals surface area contributed by atoms with Crippen LogP contribution in [-0.4, -0.2) is 56.4 Å². The van der Waals surface area contributed by atoms with Crippen LogP contribution in [0.15, 0.2) is 0 Å². The largest absolute Gasteiger partial charge is 0.395 e. The number of aliphatic hydroxyl groups is 1. The van der Waals surface area contributed by atoms with Gasteiger partial charge in [-0.25, -0.2) is 8.78 Å². The van der Waals surface area contributed by atoms with Gasteiger partial charge in [-0.1, -0.05) is 0 Å². The number of unbranched alkanes of at least 4 members (excludes halogenated alkanes) is 1. The van der Waals surface area contributed by atoms with Gasteiger partial charge in [0.25, 0.3) is 6.43 Å². The lowest BCUT2D eigenvalue weighted by atomic mass is 10.3. The molecule has 0 bridgehead atoms. The van der Waals surface area contributed by atoms with Gasteiger partial charge < -0.3 is 9.84 Å². The van der Waals surface area contributed by atoms with Crippen LogP contribution in [-0.2, 0) is 4.74 Å². The van der Waals surface area contributed by atoms with E-state index in [-0.39, 0.29) is 13.2 Å². The number of alkyl halides is 2. The zero-order valence-electron chi connectivity index (χ0n) is 8.59.